The van der Waals surface area contributed by atoms with Crippen LogP contribution in [0.4, 0.5) is 0 Å². The van der Waals surface area contributed by atoms with Gasteiger partial charge in [-0.15, -0.1) is 0 Å². The molecule has 0 aliphatic carbocycles. The average Bonchev–Trinajstić information content (AvgIpc) is 2.87. The topological polar surface area (TPSA) is 29.3 Å². The van der Waals surface area contributed by atoms with Gasteiger partial charge in [0.2, 0.25) is 0 Å². The van der Waals surface area contributed by atoms with Crippen molar-refractivity contribution < 1.29 is 0 Å². The number of nitrogens with two attached hydrogens (primary N) is 1. The van der Waals surface area contributed by atoms with Crippen LogP contribution in [0.1, 0.15) is 44.7 Å². The van der Waals surface area contributed by atoms with Crippen molar-refractivity contribution in [2.24, 2.45) is 5.73 Å². The second-order valence-electron chi connectivity index (χ2n) is 6.40. The van der Waals surface area contributed by atoms with E-state index in [-0.39, 0.29) is 6.04 Å². The summed E-state index contributed by atoms with van der Waals surface area (Å²) < 4.78 is 0. The van der Waals surface area contributed by atoms with Gasteiger partial charge in [0.15, 0.2) is 0 Å². The van der Waals surface area contributed by atoms with Gasteiger partial charge in [-0.3, -0.25) is 4.90 Å². The Labute approximate surface area is 127 Å². The number of rotatable bonds is 4. The van der Waals surface area contributed by atoms with Crippen LogP contribution in [-0.4, -0.2) is 23.5 Å². The van der Waals surface area contributed by atoms with Crippen LogP contribution in [0.5, 0.6) is 0 Å². The predicted octanol–water partition coefficient (Wildman–Crippen LogP) is 4.10. The van der Waals surface area contributed by atoms with E-state index in [0.29, 0.717) is 12.1 Å². The van der Waals surface area contributed by atoms with Crippen molar-refractivity contribution in [1.82, 2.24) is 4.90 Å². The van der Waals surface area contributed by atoms with E-state index < -0.39 is 0 Å². The molecule has 2 N–H and O–H groups in total. The van der Waals surface area contributed by atoms with Crippen LogP contribution >= 0.6 is 0 Å². The lowest BCUT2D eigenvalue weighted by Gasteiger charge is -2.30. The molecular weight excluding hydrogens is 256 g/mol. The van der Waals surface area contributed by atoms with Crippen molar-refractivity contribution >= 4 is 10.8 Å². The molecule has 21 heavy (non-hydrogen) atoms. The quantitative estimate of drug-likeness (QED) is 0.914. The molecule has 0 radical (unpaired) electrons. The summed E-state index contributed by atoms with van der Waals surface area (Å²) in [6, 6.07) is 16.6. The van der Waals surface area contributed by atoms with E-state index in [1.807, 2.05) is 0 Å². The SMILES string of the molecule is CCC1CCC(C)N1CC(N)c1ccc2ccccc2c1. The Morgan fingerprint density at radius 2 is 1.90 bits per heavy atom. The van der Waals surface area contributed by atoms with Gasteiger partial charge in [0.05, 0.1) is 0 Å². The third-order valence-corrected chi connectivity index (χ3v) is 5.03. The molecule has 1 saturated heterocycles. The minimum absolute atomic E-state index is 0.101. The Balaban J connectivity index is 1.78. The van der Waals surface area contributed by atoms with Crippen LogP contribution in [0.2, 0.25) is 0 Å². The summed E-state index contributed by atoms with van der Waals surface area (Å²) in [5.41, 5.74) is 7.76. The number of fused-ring (bicyclic) bond motifs is 1. The number of hydrogen-bond donors (Lipinski definition) is 1. The normalized spacial score (nSPS) is 24.5. The highest BCUT2D eigenvalue weighted by molar-refractivity contribution is 5.83. The maximum Gasteiger partial charge on any atom is 0.0424 e. The zero-order chi connectivity index (χ0) is 14.8. The van der Waals surface area contributed by atoms with Gasteiger partial charge in [0.25, 0.3) is 0 Å². The van der Waals surface area contributed by atoms with Gasteiger partial charge < -0.3 is 5.73 Å². The van der Waals surface area contributed by atoms with E-state index in [4.69, 9.17) is 5.73 Å². The molecule has 0 saturated carbocycles. The minimum Gasteiger partial charge on any atom is -0.323 e. The van der Waals surface area contributed by atoms with Crippen molar-refractivity contribution in [2.75, 3.05) is 6.54 Å². The van der Waals surface area contributed by atoms with Crippen LogP contribution in [0, 0.1) is 0 Å². The zero-order valence-corrected chi connectivity index (χ0v) is 13.1. The summed E-state index contributed by atoms with van der Waals surface area (Å²) in [4.78, 5) is 2.61. The van der Waals surface area contributed by atoms with Gasteiger partial charge >= 0.3 is 0 Å². The third kappa shape index (κ3) is 2.97. The summed E-state index contributed by atoms with van der Waals surface area (Å²) in [5, 5.41) is 2.57. The van der Waals surface area contributed by atoms with Crippen molar-refractivity contribution in [3.8, 4) is 0 Å². The molecule has 2 aromatic rings. The molecule has 0 bridgehead atoms. The van der Waals surface area contributed by atoms with Crippen LogP contribution in [0.25, 0.3) is 10.8 Å². The van der Waals surface area contributed by atoms with Crippen LogP contribution < -0.4 is 5.73 Å². The molecule has 3 rings (SSSR count). The van der Waals surface area contributed by atoms with Gasteiger partial charge in [0, 0.05) is 24.7 Å². The fourth-order valence-corrected chi connectivity index (χ4v) is 3.66. The van der Waals surface area contributed by atoms with Gasteiger partial charge in [-0.1, -0.05) is 43.3 Å². The van der Waals surface area contributed by atoms with E-state index in [1.165, 1.54) is 35.6 Å². The Kier molecular flexibility index (Phi) is 4.27. The third-order valence-electron chi connectivity index (χ3n) is 5.03. The number of benzene rings is 2. The second kappa shape index (κ2) is 6.17. The molecule has 2 nitrogen and oxygen atoms in total. The van der Waals surface area contributed by atoms with Crippen molar-refractivity contribution in [2.45, 2.75) is 51.2 Å². The van der Waals surface area contributed by atoms with E-state index in [9.17, 15) is 0 Å². The number of likely N-dealkylation sites (tertiary alicyclic amines) is 1. The van der Waals surface area contributed by atoms with E-state index in [1.54, 1.807) is 0 Å². The molecule has 2 aromatic carbocycles. The smallest absolute Gasteiger partial charge is 0.0424 e. The second-order valence-corrected chi connectivity index (χ2v) is 6.40. The molecule has 3 unspecified atom stereocenters. The van der Waals surface area contributed by atoms with Gasteiger partial charge in [-0.05, 0) is 48.6 Å². The van der Waals surface area contributed by atoms with E-state index >= 15 is 0 Å². The molecule has 2 heteroatoms. The molecule has 1 aliphatic heterocycles. The van der Waals surface area contributed by atoms with Crippen LogP contribution in [0.15, 0.2) is 42.5 Å². The first-order valence-electron chi connectivity index (χ1n) is 8.19. The maximum absolute atomic E-state index is 6.50. The van der Waals surface area contributed by atoms with Crippen LogP contribution in [-0.2, 0) is 0 Å². The average molecular weight is 282 g/mol. The summed E-state index contributed by atoms with van der Waals surface area (Å²) in [7, 11) is 0. The summed E-state index contributed by atoms with van der Waals surface area (Å²) in [5.74, 6) is 0. The zero-order valence-electron chi connectivity index (χ0n) is 13.1. The Morgan fingerprint density at radius 3 is 2.67 bits per heavy atom. The lowest BCUT2D eigenvalue weighted by atomic mass is 10.0. The molecular formula is C19H26N2. The van der Waals surface area contributed by atoms with E-state index in [2.05, 4.69) is 61.2 Å². The van der Waals surface area contributed by atoms with E-state index in [0.717, 1.165) is 6.54 Å². The summed E-state index contributed by atoms with van der Waals surface area (Å²) >= 11 is 0. The lowest BCUT2D eigenvalue weighted by Crippen LogP contribution is -2.39. The maximum atomic E-state index is 6.50. The van der Waals surface area contributed by atoms with Gasteiger partial charge in [0.1, 0.15) is 0 Å². The Morgan fingerprint density at radius 1 is 1.14 bits per heavy atom. The molecule has 0 amide bonds. The fourth-order valence-electron chi connectivity index (χ4n) is 3.66. The highest BCUT2D eigenvalue weighted by atomic mass is 15.2. The molecule has 1 heterocycles. The largest absolute Gasteiger partial charge is 0.323 e. The molecule has 0 spiro atoms. The monoisotopic (exact) mass is 282 g/mol. The van der Waals surface area contributed by atoms with Gasteiger partial charge in [-0.25, -0.2) is 0 Å². The fraction of sp³-hybridized carbons (Fsp3) is 0.474. The molecule has 1 aliphatic rings. The van der Waals surface area contributed by atoms with Crippen molar-refractivity contribution in [1.29, 1.82) is 0 Å². The number of hydrogen-bond acceptors (Lipinski definition) is 2. The van der Waals surface area contributed by atoms with Crippen molar-refractivity contribution in [3.05, 3.63) is 48.0 Å². The lowest BCUT2D eigenvalue weighted by molar-refractivity contribution is 0.187. The minimum atomic E-state index is 0.101. The summed E-state index contributed by atoms with van der Waals surface area (Å²) in [6.45, 7) is 5.60. The molecule has 1 fully saturated rings. The molecule has 112 valence electrons. The molecule has 0 aromatic heterocycles. The van der Waals surface area contributed by atoms with Crippen LogP contribution in [0.3, 0.4) is 0 Å². The predicted molar refractivity (Wildman–Crippen MR) is 90.4 cm³/mol. The first kappa shape index (κ1) is 14.6. The first-order valence-corrected chi connectivity index (χ1v) is 8.19. The summed E-state index contributed by atoms with van der Waals surface area (Å²) in [6.07, 6.45) is 3.86. The highest BCUT2D eigenvalue weighted by Gasteiger charge is 2.30. The first-order chi connectivity index (χ1) is 10.2. The van der Waals surface area contributed by atoms with Crippen molar-refractivity contribution in [3.63, 3.8) is 0 Å². The number of nitrogens with zero attached hydrogens (tertiary/aromatic N) is 1. The Bertz CT molecular complexity index is 607. The Hall–Kier alpha value is -1.38. The molecule has 3 atom stereocenters. The highest BCUT2D eigenvalue weighted by Crippen LogP contribution is 2.28. The van der Waals surface area contributed by atoms with Gasteiger partial charge in [-0.2, -0.15) is 0 Å². The standard InChI is InChI=1S/C19H26N2/c1-3-18-11-8-14(2)21(18)13-19(20)17-10-9-15-6-4-5-7-16(15)12-17/h4-7,9-10,12,14,18-19H,3,8,11,13,20H2,1-2H3.